The second kappa shape index (κ2) is 8.67. The lowest BCUT2D eigenvalue weighted by molar-refractivity contribution is -0.143. The van der Waals surface area contributed by atoms with Crippen LogP contribution < -0.4 is 5.32 Å². The first-order valence-electron chi connectivity index (χ1n) is 7.46. The van der Waals surface area contributed by atoms with Gasteiger partial charge in [-0.3, -0.25) is 0 Å². The van der Waals surface area contributed by atoms with Gasteiger partial charge < -0.3 is 15.0 Å². The summed E-state index contributed by atoms with van der Waals surface area (Å²) in [6.07, 6.45) is 1.61. The molecule has 0 saturated heterocycles. The Kier molecular flexibility index (Phi) is 7.22. The van der Waals surface area contributed by atoms with E-state index in [1.54, 1.807) is 31.4 Å². The summed E-state index contributed by atoms with van der Waals surface area (Å²) in [5.41, 5.74) is 0.836. The van der Waals surface area contributed by atoms with E-state index < -0.39 is 12.0 Å². The highest BCUT2D eigenvalue weighted by molar-refractivity contribution is 7.09. The third-order valence-corrected chi connectivity index (χ3v) is 4.64. The van der Waals surface area contributed by atoms with Crippen LogP contribution in [0.2, 0.25) is 0 Å². The Morgan fingerprint density at radius 2 is 2.13 bits per heavy atom. The zero-order valence-electron chi connectivity index (χ0n) is 14.3. The number of carbonyl (C=O) groups is 2. The zero-order chi connectivity index (χ0) is 17.6. The third-order valence-electron chi connectivity index (χ3n) is 3.44. The molecule has 1 aromatic rings. The minimum atomic E-state index is -0.755. The van der Waals surface area contributed by atoms with E-state index >= 15 is 0 Å². The van der Waals surface area contributed by atoms with Crippen LogP contribution in [0.25, 0.3) is 0 Å². The van der Waals surface area contributed by atoms with Gasteiger partial charge in [0.25, 0.3) is 0 Å². The van der Waals surface area contributed by atoms with Crippen LogP contribution in [-0.4, -0.2) is 42.1 Å². The summed E-state index contributed by atoms with van der Waals surface area (Å²) in [4.78, 5) is 30.1. The van der Waals surface area contributed by atoms with Crippen molar-refractivity contribution < 1.29 is 14.3 Å². The van der Waals surface area contributed by atoms with Gasteiger partial charge in [-0.1, -0.05) is 26.8 Å². The number of rotatable bonds is 7. The fourth-order valence-corrected chi connectivity index (χ4v) is 2.71. The third kappa shape index (κ3) is 5.35. The molecule has 0 spiro atoms. The Morgan fingerprint density at radius 1 is 1.48 bits per heavy atom. The van der Waals surface area contributed by atoms with Crippen LogP contribution in [-0.2, 0) is 16.1 Å². The smallest absolute Gasteiger partial charge is 0.329 e. The van der Waals surface area contributed by atoms with Crippen molar-refractivity contribution in [2.45, 2.75) is 39.3 Å². The average molecular weight is 339 g/mol. The molecular weight excluding hydrogens is 314 g/mol. The van der Waals surface area contributed by atoms with Crippen molar-refractivity contribution in [1.82, 2.24) is 15.2 Å². The maximum atomic E-state index is 12.3. The molecule has 23 heavy (non-hydrogen) atoms. The number of amides is 2. The highest BCUT2D eigenvalue weighted by Gasteiger charge is 2.27. The van der Waals surface area contributed by atoms with E-state index in [4.69, 9.17) is 4.74 Å². The Balaban J connectivity index is 2.70. The molecule has 128 valence electrons. The molecule has 7 heteroatoms. The van der Waals surface area contributed by atoms with Gasteiger partial charge in [0.15, 0.2) is 0 Å². The minimum Gasteiger partial charge on any atom is -0.467 e. The summed E-state index contributed by atoms with van der Waals surface area (Å²) in [5, 5.41) is 5.68. The van der Waals surface area contributed by atoms with Crippen LogP contribution in [0.5, 0.6) is 0 Å². The van der Waals surface area contributed by atoms with Crippen molar-refractivity contribution in [3.05, 3.63) is 28.7 Å². The number of aromatic nitrogens is 1. The Labute approximate surface area is 141 Å². The number of ether oxygens (including phenoxy) is 1. The Hall–Kier alpha value is -1.89. The van der Waals surface area contributed by atoms with Crippen molar-refractivity contribution >= 4 is 23.3 Å². The molecule has 0 aliphatic rings. The quantitative estimate of drug-likeness (QED) is 0.612. The van der Waals surface area contributed by atoms with Crippen molar-refractivity contribution in [1.29, 1.82) is 0 Å². The summed E-state index contributed by atoms with van der Waals surface area (Å²) >= 11 is 1.59. The van der Waals surface area contributed by atoms with E-state index in [-0.39, 0.29) is 11.9 Å². The lowest BCUT2D eigenvalue weighted by Gasteiger charge is -2.24. The predicted molar refractivity (Wildman–Crippen MR) is 91.4 cm³/mol. The summed E-state index contributed by atoms with van der Waals surface area (Å²) in [5.74, 6) is -0.355. The minimum absolute atomic E-state index is 0.230. The fraction of sp³-hybridized carbons (Fsp3) is 0.562. The maximum Gasteiger partial charge on any atom is 0.329 e. The number of hydrogen-bond acceptors (Lipinski definition) is 5. The Bertz CT molecular complexity index is 557. The van der Waals surface area contributed by atoms with E-state index in [0.717, 1.165) is 10.7 Å². The molecule has 0 aliphatic carbocycles. The van der Waals surface area contributed by atoms with Gasteiger partial charge in [-0.2, -0.15) is 0 Å². The molecule has 0 fully saturated rings. The van der Waals surface area contributed by atoms with Gasteiger partial charge >= 0.3 is 12.0 Å². The summed E-state index contributed by atoms with van der Waals surface area (Å²) in [6, 6.07) is -1.11. The van der Waals surface area contributed by atoms with E-state index in [1.165, 1.54) is 12.0 Å². The van der Waals surface area contributed by atoms with Crippen LogP contribution in [0.1, 0.15) is 37.4 Å². The average Bonchev–Trinajstić information content (AvgIpc) is 2.99. The molecule has 0 aliphatic heterocycles. The van der Waals surface area contributed by atoms with Crippen molar-refractivity contribution in [2.75, 3.05) is 14.2 Å². The summed E-state index contributed by atoms with van der Waals surface area (Å²) in [7, 11) is 2.96. The number of methoxy groups -OCH3 is 1. The summed E-state index contributed by atoms with van der Waals surface area (Å²) in [6.45, 7) is 9.99. The standard InChI is InChI=1S/C16H25N3O3S/c1-7-11(4)13(15(20)22-6)18-16(21)19(5)8-12-9-23-14(17-12)10(2)3/h7,9-11,13H,1,8H2,2-6H3,(H,18,21)/t11?,13-/m0/s1. The molecule has 1 aromatic heterocycles. The number of nitrogens with zero attached hydrogens (tertiary/aromatic N) is 2. The highest BCUT2D eigenvalue weighted by Crippen LogP contribution is 2.19. The number of esters is 1. The first-order chi connectivity index (χ1) is 10.8. The normalized spacial score (nSPS) is 13.3. The monoisotopic (exact) mass is 339 g/mol. The van der Waals surface area contributed by atoms with Crippen molar-refractivity contribution in [2.24, 2.45) is 5.92 Å². The van der Waals surface area contributed by atoms with Crippen LogP contribution in [0.4, 0.5) is 4.79 Å². The van der Waals surface area contributed by atoms with Crippen molar-refractivity contribution in [3.63, 3.8) is 0 Å². The van der Waals surface area contributed by atoms with Gasteiger partial charge in [-0.25, -0.2) is 14.6 Å². The van der Waals surface area contributed by atoms with Gasteiger partial charge in [-0.15, -0.1) is 17.9 Å². The molecule has 0 saturated carbocycles. The molecule has 2 atom stereocenters. The molecule has 6 nitrogen and oxygen atoms in total. The van der Waals surface area contributed by atoms with E-state index in [2.05, 4.69) is 30.7 Å². The molecule has 0 aromatic carbocycles. The number of carbonyl (C=O) groups excluding carboxylic acids is 2. The van der Waals surface area contributed by atoms with E-state index in [9.17, 15) is 9.59 Å². The van der Waals surface area contributed by atoms with Crippen molar-refractivity contribution in [3.8, 4) is 0 Å². The van der Waals surface area contributed by atoms with Crippen LogP contribution in [0.3, 0.4) is 0 Å². The van der Waals surface area contributed by atoms with Gasteiger partial charge in [0.05, 0.1) is 24.4 Å². The van der Waals surface area contributed by atoms with Crippen LogP contribution in [0, 0.1) is 5.92 Å². The van der Waals surface area contributed by atoms with Gasteiger partial charge in [0.2, 0.25) is 0 Å². The highest BCUT2D eigenvalue weighted by atomic mass is 32.1. The lowest BCUT2D eigenvalue weighted by Crippen LogP contribution is -2.49. The lowest BCUT2D eigenvalue weighted by atomic mass is 10.0. The first kappa shape index (κ1) is 19.2. The molecule has 1 unspecified atom stereocenters. The Morgan fingerprint density at radius 3 is 2.61 bits per heavy atom. The molecule has 1 rings (SSSR count). The van der Waals surface area contributed by atoms with Gasteiger partial charge in [0, 0.05) is 24.3 Å². The topological polar surface area (TPSA) is 71.5 Å². The maximum absolute atomic E-state index is 12.3. The SMILES string of the molecule is C=CC(C)[C@H](NC(=O)N(C)Cc1csc(C(C)C)n1)C(=O)OC. The van der Waals surface area contributed by atoms with E-state index in [0.29, 0.717) is 12.5 Å². The molecule has 1 N–H and O–H groups in total. The fourth-order valence-electron chi connectivity index (χ4n) is 1.89. The van der Waals surface area contributed by atoms with Crippen LogP contribution in [0.15, 0.2) is 18.0 Å². The predicted octanol–water partition coefficient (Wildman–Crippen LogP) is 2.77. The van der Waals surface area contributed by atoms with Gasteiger partial charge in [-0.05, 0) is 0 Å². The van der Waals surface area contributed by atoms with Crippen LogP contribution >= 0.6 is 11.3 Å². The van der Waals surface area contributed by atoms with E-state index in [1.807, 2.05) is 5.38 Å². The molecular formula is C16H25N3O3S. The second-order valence-electron chi connectivity index (χ2n) is 5.73. The zero-order valence-corrected chi connectivity index (χ0v) is 15.1. The largest absolute Gasteiger partial charge is 0.467 e. The molecule has 0 bridgehead atoms. The molecule has 0 radical (unpaired) electrons. The number of thiazole rings is 1. The van der Waals surface area contributed by atoms with Gasteiger partial charge in [0.1, 0.15) is 6.04 Å². The second-order valence-corrected chi connectivity index (χ2v) is 6.62. The molecule has 2 amide bonds. The molecule has 1 heterocycles. The first-order valence-corrected chi connectivity index (χ1v) is 8.34. The number of hydrogen-bond donors (Lipinski definition) is 1. The number of urea groups is 1. The number of nitrogens with one attached hydrogen (secondary N) is 1. The summed E-state index contributed by atoms with van der Waals surface area (Å²) < 4.78 is 4.73.